The Bertz CT molecular complexity index is 258. The third-order valence-corrected chi connectivity index (χ3v) is 3.54. The quantitative estimate of drug-likeness (QED) is 0.694. The topological polar surface area (TPSA) is 72.2 Å². The van der Waals surface area contributed by atoms with Crippen molar-refractivity contribution in [3.8, 4) is 0 Å². The first kappa shape index (κ1) is 13.9. The van der Waals surface area contributed by atoms with Crippen LogP contribution in [0.4, 0.5) is 0 Å². The smallest absolute Gasteiger partial charge is 0.212 e. The van der Waals surface area contributed by atoms with Crippen LogP contribution in [-0.2, 0) is 10.0 Å². The molecular weight excluding hydrogens is 200 g/mol. The SMILES string of the molecule is CC(C)CCS(=O)(=O)NC(C)(C)CN. The van der Waals surface area contributed by atoms with Gasteiger partial charge >= 0.3 is 0 Å². The van der Waals surface area contributed by atoms with Crippen LogP contribution in [0.15, 0.2) is 0 Å². The second-order valence-electron chi connectivity index (χ2n) is 4.69. The molecule has 0 aliphatic rings. The van der Waals surface area contributed by atoms with Gasteiger partial charge in [0.15, 0.2) is 0 Å². The van der Waals surface area contributed by atoms with Gasteiger partial charge in [0, 0.05) is 12.1 Å². The number of hydrogen-bond acceptors (Lipinski definition) is 3. The zero-order valence-electron chi connectivity index (χ0n) is 9.50. The molecular formula is C9H22N2O2S. The van der Waals surface area contributed by atoms with Gasteiger partial charge in [-0.25, -0.2) is 13.1 Å². The zero-order chi connectivity index (χ0) is 11.4. The van der Waals surface area contributed by atoms with Gasteiger partial charge in [0.2, 0.25) is 10.0 Å². The minimum absolute atomic E-state index is 0.175. The van der Waals surface area contributed by atoms with Crippen LogP contribution in [0.5, 0.6) is 0 Å². The largest absolute Gasteiger partial charge is 0.329 e. The van der Waals surface area contributed by atoms with Crippen molar-refractivity contribution >= 4 is 10.0 Å². The van der Waals surface area contributed by atoms with Gasteiger partial charge in [-0.3, -0.25) is 0 Å². The van der Waals surface area contributed by atoms with E-state index in [0.717, 1.165) is 0 Å². The maximum atomic E-state index is 11.5. The van der Waals surface area contributed by atoms with E-state index in [9.17, 15) is 8.42 Å². The average molecular weight is 222 g/mol. The first-order chi connectivity index (χ1) is 6.18. The Labute approximate surface area is 87.3 Å². The molecule has 0 spiro atoms. The lowest BCUT2D eigenvalue weighted by molar-refractivity contribution is 0.459. The summed E-state index contributed by atoms with van der Waals surface area (Å²) < 4.78 is 25.7. The number of sulfonamides is 1. The molecule has 0 aromatic carbocycles. The number of nitrogens with two attached hydrogens (primary N) is 1. The molecule has 4 nitrogen and oxygen atoms in total. The first-order valence-corrected chi connectivity index (χ1v) is 6.55. The van der Waals surface area contributed by atoms with E-state index in [-0.39, 0.29) is 5.75 Å². The molecule has 0 atom stereocenters. The van der Waals surface area contributed by atoms with Crippen molar-refractivity contribution in [2.24, 2.45) is 11.7 Å². The Morgan fingerprint density at radius 1 is 1.36 bits per heavy atom. The van der Waals surface area contributed by atoms with Crippen LogP contribution in [0.3, 0.4) is 0 Å². The van der Waals surface area contributed by atoms with Crippen molar-refractivity contribution in [2.45, 2.75) is 39.7 Å². The second kappa shape index (κ2) is 5.09. The Balaban J connectivity index is 4.22. The molecule has 3 N–H and O–H groups in total. The molecule has 5 heteroatoms. The molecule has 0 aromatic rings. The Morgan fingerprint density at radius 2 is 1.86 bits per heavy atom. The van der Waals surface area contributed by atoms with Crippen LogP contribution >= 0.6 is 0 Å². The molecule has 0 saturated heterocycles. The van der Waals surface area contributed by atoms with E-state index in [1.165, 1.54) is 0 Å². The highest BCUT2D eigenvalue weighted by molar-refractivity contribution is 7.89. The van der Waals surface area contributed by atoms with E-state index in [4.69, 9.17) is 5.73 Å². The van der Waals surface area contributed by atoms with Gasteiger partial charge in [-0.05, 0) is 26.2 Å². The maximum absolute atomic E-state index is 11.5. The first-order valence-electron chi connectivity index (χ1n) is 4.90. The number of rotatable bonds is 6. The minimum Gasteiger partial charge on any atom is -0.329 e. The monoisotopic (exact) mass is 222 g/mol. The van der Waals surface area contributed by atoms with Gasteiger partial charge in [0.05, 0.1) is 5.75 Å². The normalized spacial score (nSPS) is 13.6. The van der Waals surface area contributed by atoms with Crippen molar-refractivity contribution < 1.29 is 8.42 Å². The summed E-state index contributed by atoms with van der Waals surface area (Å²) >= 11 is 0. The van der Waals surface area contributed by atoms with Gasteiger partial charge in [0.25, 0.3) is 0 Å². The molecule has 0 saturated carbocycles. The van der Waals surface area contributed by atoms with E-state index >= 15 is 0 Å². The van der Waals surface area contributed by atoms with Crippen LogP contribution in [0.2, 0.25) is 0 Å². The molecule has 0 heterocycles. The third-order valence-electron chi connectivity index (χ3n) is 1.91. The number of nitrogens with one attached hydrogen (secondary N) is 1. The lowest BCUT2D eigenvalue weighted by Gasteiger charge is -2.24. The fraction of sp³-hybridized carbons (Fsp3) is 1.00. The molecule has 0 aliphatic heterocycles. The van der Waals surface area contributed by atoms with E-state index < -0.39 is 15.6 Å². The predicted octanol–water partition coefficient (Wildman–Crippen LogP) is 0.689. The molecule has 0 radical (unpaired) electrons. The molecule has 86 valence electrons. The Kier molecular flexibility index (Phi) is 5.05. The fourth-order valence-corrected chi connectivity index (χ4v) is 2.71. The zero-order valence-corrected chi connectivity index (χ0v) is 10.3. The van der Waals surface area contributed by atoms with E-state index in [2.05, 4.69) is 4.72 Å². The molecule has 0 aromatic heterocycles. The van der Waals surface area contributed by atoms with E-state index in [0.29, 0.717) is 18.9 Å². The average Bonchev–Trinajstić information content (AvgIpc) is 1.99. The van der Waals surface area contributed by atoms with Crippen LogP contribution in [-0.4, -0.2) is 26.3 Å². The van der Waals surface area contributed by atoms with Crippen molar-refractivity contribution in [1.82, 2.24) is 4.72 Å². The highest BCUT2D eigenvalue weighted by atomic mass is 32.2. The van der Waals surface area contributed by atoms with Gasteiger partial charge < -0.3 is 5.73 Å². The molecule has 14 heavy (non-hydrogen) atoms. The van der Waals surface area contributed by atoms with Crippen molar-refractivity contribution in [3.63, 3.8) is 0 Å². The van der Waals surface area contributed by atoms with Gasteiger partial charge in [-0.2, -0.15) is 0 Å². The van der Waals surface area contributed by atoms with Crippen LogP contribution < -0.4 is 10.5 Å². The molecule has 0 fully saturated rings. The molecule has 0 rings (SSSR count). The summed E-state index contributed by atoms with van der Waals surface area (Å²) in [5.41, 5.74) is 4.90. The molecule has 0 aliphatic carbocycles. The second-order valence-corrected chi connectivity index (χ2v) is 6.53. The van der Waals surface area contributed by atoms with Crippen LogP contribution in [0, 0.1) is 5.92 Å². The summed E-state index contributed by atoms with van der Waals surface area (Å²) in [4.78, 5) is 0. The minimum atomic E-state index is -3.18. The van der Waals surface area contributed by atoms with Gasteiger partial charge in [-0.1, -0.05) is 13.8 Å². The molecule has 0 amide bonds. The van der Waals surface area contributed by atoms with Gasteiger partial charge in [0.1, 0.15) is 0 Å². The van der Waals surface area contributed by atoms with Crippen LogP contribution in [0.25, 0.3) is 0 Å². The lowest BCUT2D eigenvalue weighted by Crippen LogP contribution is -2.49. The maximum Gasteiger partial charge on any atom is 0.212 e. The Hall–Kier alpha value is -0.130. The summed E-state index contributed by atoms with van der Waals surface area (Å²) in [6, 6.07) is 0. The van der Waals surface area contributed by atoms with E-state index in [1.807, 2.05) is 13.8 Å². The van der Waals surface area contributed by atoms with Crippen molar-refractivity contribution in [3.05, 3.63) is 0 Å². The number of hydrogen-bond donors (Lipinski definition) is 2. The summed E-state index contributed by atoms with van der Waals surface area (Å²) in [5.74, 6) is 0.571. The van der Waals surface area contributed by atoms with E-state index in [1.54, 1.807) is 13.8 Å². The van der Waals surface area contributed by atoms with Gasteiger partial charge in [-0.15, -0.1) is 0 Å². The summed E-state index contributed by atoms with van der Waals surface area (Å²) in [5, 5.41) is 0. The summed E-state index contributed by atoms with van der Waals surface area (Å²) in [6.45, 7) is 7.86. The lowest BCUT2D eigenvalue weighted by atomic mass is 10.1. The highest BCUT2D eigenvalue weighted by Gasteiger charge is 2.22. The fourth-order valence-electron chi connectivity index (χ4n) is 0.905. The Morgan fingerprint density at radius 3 is 2.21 bits per heavy atom. The van der Waals surface area contributed by atoms with Crippen LogP contribution in [0.1, 0.15) is 34.1 Å². The summed E-state index contributed by atoms with van der Waals surface area (Å²) in [7, 11) is -3.18. The third kappa shape index (κ3) is 6.34. The standard InChI is InChI=1S/C9H22N2O2S/c1-8(2)5-6-14(12,13)11-9(3,4)7-10/h8,11H,5-7,10H2,1-4H3. The molecule has 0 unspecified atom stereocenters. The highest BCUT2D eigenvalue weighted by Crippen LogP contribution is 2.06. The van der Waals surface area contributed by atoms with Crippen molar-refractivity contribution in [1.29, 1.82) is 0 Å². The summed E-state index contributed by atoms with van der Waals surface area (Å²) in [6.07, 6.45) is 0.677. The molecule has 0 bridgehead atoms. The predicted molar refractivity (Wildman–Crippen MR) is 59.5 cm³/mol. The van der Waals surface area contributed by atoms with Crippen molar-refractivity contribution in [2.75, 3.05) is 12.3 Å².